The smallest absolute Gasteiger partial charge is 0.490 e. The molecule has 218 valence electrons. The number of ether oxygens (including phenoxy) is 1. The van der Waals surface area contributed by atoms with E-state index in [1.165, 1.54) is 17.4 Å². The Morgan fingerprint density at radius 3 is 2.55 bits per heavy atom. The molecule has 40 heavy (non-hydrogen) atoms. The van der Waals surface area contributed by atoms with E-state index in [1.54, 1.807) is 19.5 Å². The van der Waals surface area contributed by atoms with Crippen LogP contribution in [0.2, 0.25) is 0 Å². The SMILES string of the molecule is COc1cc2c(cc1Nc1ncc3cnn(CC4CC(NS(C)(=O)=O)C4)c3n1)CN(C)CC2.O=C(O)C(F)(F)F. The topological polar surface area (TPSA) is 152 Å². The molecule has 3 heterocycles. The van der Waals surface area contributed by atoms with Crippen molar-refractivity contribution in [3.63, 3.8) is 0 Å². The highest BCUT2D eigenvalue weighted by Crippen LogP contribution is 2.33. The predicted octanol–water partition coefficient (Wildman–Crippen LogP) is 2.53. The summed E-state index contributed by atoms with van der Waals surface area (Å²) in [6, 6.07) is 4.23. The van der Waals surface area contributed by atoms with E-state index in [9.17, 15) is 21.6 Å². The van der Waals surface area contributed by atoms with Crippen LogP contribution in [0.5, 0.6) is 5.75 Å². The molecule has 0 saturated heterocycles. The molecule has 2 aliphatic rings. The number of fused-ring (bicyclic) bond motifs is 2. The van der Waals surface area contributed by atoms with Crippen molar-refractivity contribution in [3.05, 3.63) is 35.7 Å². The number of rotatable bonds is 7. The van der Waals surface area contributed by atoms with Crippen molar-refractivity contribution in [2.24, 2.45) is 5.92 Å². The number of carboxylic acids is 1. The normalized spacial score (nSPS) is 19.2. The van der Waals surface area contributed by atoms with Crippen molar-refractivity contribution in [1.29, 1.82) is 0 Å². The second-order valence-corrected chi connectivity index (χ2v) is 11.7. The maximum absolute atomic E-state index is 11.4. The fourth-order valence-corrected chi connectivity index (χ4v) is 5.50. The maximum Gasteiger partial charge on any atom is 0.490 e. The lowest BCUT2D eigenvalue weighted by Gasteiger charge is -2.35. The van der Waals surface area contributed by atoms with E-state index in [2.05, 4.69) is 44.2 Å². The molecule has 0 amide bonds. The Balaban J connectivity index is 0.000000470. The minimum atomic E-state index is -5.08. The summed E-state index contributed by atoms with van der Waals surface area (Å²) < 4.78 is 64.7. The zero-order chi connectivity index (χ0) is 29.2. The number of carbonyl (C=O) groups is 1. The van der Waals surface area contributed by atoms with Crippen LogP contribution in [0.1, 0.15) is 24.0 Å². The first-order chi connectivity index (χ1) is 18.7. The van der Waals surface area contributed by atoms with Gasteiger partial charge in [-0.15, -0.1) is 0 Å². The number of benzene rings is 1. The van der Waals surface area contributed by atoms with Crippen LogP contribution < -0.4 is 14.8 Å². The lowest BCUT2D eigenvalue weighted by molar-refractivity contribution is -0.192. The van der Waals surface area contributed by atoms with Crippen molar-refractivity contribution in [3.8, 4) is 5.75 Å². The summed E-state index contributed by atoms with van der Waals surface area (Å²) in [5.74, 6) is -1.14. The van der Waals surface area contributed by atoms with Crippen molar-refractivity contribution in [1.82, 2.24) is 29.4 Å². The molecular weight excluding hydrogens is 555 g/mol. The number of hydrogen-bond acceptors (Lipinski definition) is 9. The van der Waals surface area contributed by atoms with Gasteiger partial charge in [0.2, 0.25) is 16.0 Å². The summed E-state index contributed by atoms with van der Waals surface area (Å²) in [6.45, 7) is 2.63. The average molecular weight is 586 g/mol. The summed E-state index contributed by atoms with van der Waals surface area (Å²) in [7, 11) is 0.628. The monoisotopic (exact) mass is 585 g/mol. The third-order valence-corrected chi connectivity index (χ3v) is 7.40. The molecule has 3 aromatic rings. The van der Waals surface area contributed by atoms with Gasteiger partial charge in [0.25, 0.3) is 0 Å². The molecule has 3 N–H and O–H groups in total. The molecule has 0 spiro atoms. The number of nitrogens with zero attached hydrogens (tertiary/aromatic N) is 5. The first kappa shape index (κ1) is 29.5. The van der Waals surface area contributed by atoms with Crippen molar-refractivity contribution in [2.45, 2.75) is 44.6 Å². The van der Waals surface area contributed by atoms with Gasteiger partial charge in [-0.2, -0.15) is 23.3 Å². The number of carboxylic acid groups (broad SMARTS) is 1. The second-order valence-electron chi connectivity index (χ2n) is 9.96. The Labute approximate surface area is 228 Å². The summed E-state index contributed by atoms with van der Waals surface area (Å²) in [4.78, 5) is 20.4. The fourth-order valence-electron chi connectivity index (χ4n) is 4.70. The van der Waals surface area contributed by atoms with Crippen LogP contribution in [0, 0.1) is 5.92 Å². The van der Waals surface area contributed by atoms with E-state index < -0.39 is 22.2 Å². The number of nitrogens with one attached hydrogen (secondary N) is 2. The lowest BCUT2D eigenvalue weighted by atomic mass is 9.81. The van der Waals surface area contributed by atoms with Crippen molar-refractivity contribution in [2.75, 3.05) is 32.3 Å². The zero-order valence-electron chi connectivity index (χ0n) is 22.1. The predicted molar refractivity (Wildman–Crippen MR) is 140 cm³/mol. The molecule has 1 fully saturated rings. The number of halogens is 3. The second kappa shape index (κ2) is 11.5. The Hall–Kier alpha value is -3.50. The Morgan fingerprint density at radius 2 is 1.93 bits per heavy atom. The van der Waals surface area contributed by atoms with Crippen LogP contribution in [0.3, 0.4) is 0 Å². The Kier molecular flexibility index (Phi) is 8.51. The highest BCUT2D eigenvalue weighted by Gasteiger charge is 2.38. The Morgan fingerprint density at radius 1 is 1.23 bits per heavy atom. The van der Waals surface area contributed by atoms with Gasteiger partial charge in [-0.05, 0) is 55.5 Å². The molecule has 2 aromatic heterocycles. The van der Waals surface area contributed by atoms with E-state index in [1.807, 2.05) is 4.68 Å². The molecule has 5 rings (SSSR count). The number of aromatic nitrogens is 4. The summed E-state index contributed by atoms with van der Waals surface area (Å²) >= 11 is 0. The average Bonchev–Trinajstić information content (AvgIpc) is 3.23. The molecule has 1 aliphatic heterocycles. The van der Waals surface area contributed by atoms with Crippen LogP contribution in [0.4, 0.5) is 24.8 Å². The van der Waals surface area contributed by atoms with Crippen molar-refractivity contribution < 1.29 is 36.2 Å². The van der Waals surface area contributed by atoms with Gasteiger partial charge in [0, 0.05) is 31.9 Å². The number of likely N-dealkylation sites (N-methyl/N-ethyl adjacent to an activating group) is 1. The van der Waals surface area contributed by atoms with Crippen molar-refractivity contribution >= 4 is 38.7 Å². The minimum Gasteiger partial charge on any atom is -0.495 e. The number of sulfonamides is 1. The van der Waals surface area contributed by atoms with Gasteiger partial charge in [-0.3, -0.25) is 0 Å². The van der Waals surface area contributed by atoms with Gasteiger partial charge in [-0.25, -0.2) is 27.6 Å². The van der Waals surface area contributed by atoms with E-state index in [-0.39, 0.29) is 6.04 Å². The molecular formula is C24H30F3N7O5S. The maximum atomic E-state index is 11.4. The third kappa shape index (κ3) is 7.37. The van der Waals surface area contributed by atoms with Gasteiger partial charge in [-0.1, -0.05) is 0 Å². The first-order valence-corrected chi connectivity index (χ1v) is 14.2. The van der Waals surface area contributed by atoms with Crippen LogP contribution in [0.15, 0.2) is 24.5 Å². The van der Waals surface area contributed by atoms with E-state index in [4.69, 9.17) is 19.6 Å². The number of aliphatic carboxylic acids is 1. The first-order valence-electron chi connectivity index (χ1n) is 12.3. The number of alkyl halides is 3. The zero-order valence-corrected chi connectivity index (χ0v) is 22.9. The van der Waals surface area contributed by atoms with Crippen LogP contribution >= 0.6 is 0 Å². The largest absolute Gasteiger partial charge is 0.495 e. The molecule has 0 radical (unpaired) electrons. The number of hydrogen-bond donors (Lipinski definition) is 3. The molecule has 16 heteroatoms. The van der Waals surface area contributed by atoms with Crippen LogP contribution in [-0.4, -0.2) is 83.3 Å². The van der Waals surface area contributed by atoms with E-state index in [0.717, 1.165) is 54.8 Å². The van der Waals surface area contributed by atoms with E-state index in [0.29, 0.717) is 18.4 Å². The summed E-state index contributed by atoms with van der Waals surface area (Å²) in [5, 5.41) is 15.8. The molecule has 1 saturated carbocycles. The molecule has 0 bridgehead atoms. The summed E-state index contributed by atoms with van der Waals surface area (Å²) in [5.41, 5.74) is 4.18. The van der Waals surface area contributed by atoms with Crippen LogP contribution in [-0.2, 0) is 34.3 Å². The van der Waals surface area contributed by atoms with Gasteiger partial charge >= 0.3 is 12.1 Å². The molecule has 0 atom stereocenters. The highest BCUT2D eigenvalue weighted by molar-refractivity contribution is 7.88. The van der Waals surface area contributed by atoms with Gasteiger partial charge in [0.15, 0.2) is 5.65 Å². The lowest BCUT2D eigenvalue weighted by Crippen LogP contribution is -2.45. The highest BCUT2D eigenvalue weighted by atomic mass is 32.2. The van der Waals surface area contributed by atoms with Gasteiger partial charge in [0.1, 0.15) is 5.75 Å². The van der Waals surface area contributed by atoms with E-state index >= 15 is 0 Å². The fraction of sp³-hybridized carbons (Fsp3) is 0.500. The molecule has 12 nitrogen and oxygen atoms in total. The molecule has 1 aliphatic carbocycles. The third-order valence-electron chi connectivity index (χ3n) is 6.64. The number of methoxy groups -OCH3 is 1. The molecule has 0 unspecified atom stereocenters. The van der Waals surface area contributed by atoms with Crippen LogP contribution in [0.25, 0.3) is 11.0 Å². The standard InChI is InChI=1S/C22H29N7O3S.C2HF3O2/c1-28-5-4-15-9-20(32-2)19(8-16(15)13-28)25-22-23-10-17-11-24-29(21(17)26-22)12-14-6-18(7-14)27-33(3,30)31;3-2(4,5)1(6)7/h8-11,14,18,27H,4-7,12-13H2,1-3H3,(H,23,25,26);(H,6,7). The van der Waals surface area contributed by atoms with Gasteiger partial charge in [0.05, 0.1) is 30.6 Å². The quantitative estimate of drug-likeness (QED) is 0.377. The Bertz CT molecular complexity index is 1490. The van der Waals surface area contributed by atoms with Gasteiger partial charge < -0.3 is 20.1 Å². The summed E-state index contributed by atoms with van der Waals surface area (Å²) in [6.07, 6.45) is 2.24. The number of anilines is 2. The minimum absolute atomic E-state index is 0.00852. The molecule has 1 aromatic carbocycles.